The van der Waals surface area contributed by atoms with Crippen LogP contribution in [-0.4, -0.2) is 11.2 Å². The quantitative estimate of drug-likeness (QED) is 0.601. The maximum Gasteiger partial charge on any atom is 0.0515 e. The van der Waals surface area contributed by atoms with Crippen molar-refractivity contribution in [3.63, 3.8) is 0 Å². The SMILES string of the molecule is CC(O)CC1CC1(C)C. The lowest BCUT2D eigenvalue weighted by molar-refractivity contribution is 0.171. The molecular weight excluding hydrogens is 112 g/mol. The van der Waals surface area contributed by atoms with E-state index >= 15 is 0 Å². The van der Waals surface area contributed by atoms with Crippen LogP contribution in [0.4, 0.5) is 0 Å². The Morgan fingerprint density at radius 2 is 2.11 bits per heavy atom. The van der Waals surface area contributed by atoms with Gasteiger partial charge >= 0.3 is 0 Å². The predicted molar refractivity (Wildman–Crippen MR) is 38.2 cm³/mol. The van der Waals surface area contributed by atoms with Gasteiger partial charge in [-0.3, -0.25) is 0 Å². The Balaban J connectivity index is 2.20. The Morgan fingerprint density at radius 1 is 1.67 bits per heavy atom. The third kappa shape index (κ3) is 1.68. The van der Waals surface area contributed by atoms with Crippen LogP contribution in [0, 0.1) is 11.3 Å². The first kappa shape index (κ1) is 7.07. The van der Waals surface area contributed by atoms with Gasteiger partial charge in [0.1, 0.15) is 0 Å². The van der Waals surface area contributed by atoms with Gasteiger partial charge in [0.05, 0.1) is 6.10 Å². The second-order valence-corrected chi connectivity index (χ2v) is 3.97. The molecule has 0 radical (unpaired) electrons. The van der Waals surface area contributed by atoms with Crippen LogP contribution in [0.15, 0.2) is 0 Å². The lowest BCUT2D eigenvalue weighted by Gasteiger charge is -2.04. The van der Waals surface area contributed by atoms with E-state index in [2.05, 4.69) is 13.8 Å². The van der Waals surface area contributed by atoms with Crippen LogP contribution in [-0.2, 0) is 0 Å². The molecule has 0 aromatic heterocycles. The Labute approximate surface area is 57.1 Å². The summed E-state index contributed by atoms with van der Waals surface area (Å²) in [5.41, 5.74) is 0.539. The first-order chi connectivity index (χ1) is 4.02. The summed E-state index contributed by atoms with van der Waals surface area (Å²) in [5, 5.41) is 9.00. The monoisotopic (exact) mass is 128 g/mol. The molecule has 1 saturated carbocycles. The molecule has 1 heteroatoms. The zero-order valence-corrected chi connectivity index (χ0v) is 6.52. The molecule has 0 saturated heterocycles. The van der Waals surface area contributed by atoms with Crippen molar-refractivity contribution in [1.82, 2.24) is 0 Å². The van der Waals surface area contributed by atoms with E-state index in [1.807, 2.05) is 6.92 Å². The van der Waals surface area contributed by atoms with E-state index in [0.717, 1.165) is 12.3 Å². The molecule has 1 aliphatic rings. The third-order valence-corrected chi connectivity index (χ3v) is 2.34. The lowest BCUT2D eigenvalue weighted by Crippen LogP contribution is -2.03. The minimum absolute atomic E-state index is 0.100. The average molecular weight is 128 g/mol. The van der Waals surface area contributed by atoms with E-state index in [1.54, 1.807) is 0 Å². The summed E-state index contributed by atoms with van der Waals surface area (Å²) in [4.78, 5) is 0. The van der Waals surface area contributed by atoms with Crippen LogP contribution in [0.5, 0.6) is 0 Å². The predicted octanol–water partition coefficient (Wildman–Crippen LogP) is 1.80. The van der Waals surface area contributed by atoms with Crippen LogP contribution >= 0.6 is 0 Å². The molecule has 0 amide bonds. The van der Waals surface area contributed by atoms with Crippen molar-refractivity contribution in [3.05, 3.63) is 0 Å². The molecule has 54 valence electrons. The van der Waals surface area contributed by atoms with Crippen molar-refractivity contribution in [1.29, 1.82) is 0 Å². The molecule has 0 spiro atoms. The molecule has 1 fully saturated rings. The topological polar surface area (TPSA) is 20.2 Å². The maximum atomic E-state index is 9.00. The van der Waals surface area contributed by atoms with E-state index in [1.165, 1.54) is 6.42 Å². The van der Waals surface area contributed by atoms with Crippen molar-refractivity contribution < 1.29 is 5.11 Å². The molecule has 2 atom stereocenters. The standard InChI is InChI=1S/C8H16O/c1-6(9)4-7-5-8(7,2)3/h6-7,9H,4-5H2,1-3H3. The number of aliphatic hydroxyl groups is 1. The van der Waals surface area contributed by atoms with Gasteiger partial charge in [-0.2, -0.15) is 0 Å². The summed E-state index contributed by atoms with van der Waals surface area (Å²) in [6.07, 6.45) is 2.20. The minimum atomic E-state index is -0.100. The Bertz CT molecular complexity index is 105. The van der Waals surface area contributed by atoms with Gasteiger partial charge in [0.15, 0.2) is 0 Å². The van der Waals surface area contributed by atoms with E-state index in [4.69, 9.17) is 5.11 Å². The highest BCUT2D eigenvalue weighted by molar-refractivity contribution is 4.95. The zero-order valence-electron chi connectivity index (χ0n) is 6.52. The maximum absolute atomic E-state index is 9.00. The van der Waals surface area contributed by atoms with E-state index in [-0.39, 0.29) is 6.10 Å². The van der Waals surface area contributed by atoms with Gasteiger partial charge in [0.2, 0.25) is 0 Å². The van der Waals surface area contributed by atoms with Crippen molar-refractivity contribution in [2.24, 2.45) is 11.3 Å². The van der Waals surface area contributed by atoms with Gasteiger partial charge < -0.3 is 5.11 Å². The Morgan fingerprint density at radius 3 is 2.22 bits per heavy atom. The molecule has 1 N–H and O–H groups in total. The van der Waals surface area contributed by atoms with Crippen LogP contribution in [0.25, 0.3) is 0 Å². The zero-order chi connectivity index (χ0) is 7.07. The number of aliphatic hydroxyl groups excluding tert-OH is 1. The summed E-state index contributed by atoms with van der Waals surface area (Å²) in [6, 6.07) is 0. The largest absolute Gasteiger partial charge is 0.393 e. The first-order valence-electron chi connectivity index (χ1n) is 3.70. The second kappa shape index (κ2) is 1.98. The van der Waals surface area contributed by atoms with Gasteiger partial charge in [-0.05, 0) is 31.1 Å². The molecular formula is C8H16O. The Kier molecular flexibility index (Phi) is 1.55. The number of hydrogen-bond acceptors (Lipinski definition) is 1. The van der Waals surface area contributed by atoms with E-state index in [9.17, 15) is 0 Å². The van der Waals surface area contributed by atoms with Gasteiger partial charge in [0.25, 0.3) is 0 Å². The smallest absolute Gasteiger partial charge is 0.0515 e. The van der Waals surface area contributed by atoms with Gasteiger partial charge in [-0.1, -0.05) is 13.8 Å². The minimum Gasteiger partial charge on any atom is -0.393 e. The summed E-state index contributed by atoms with van der Waals surface area (Å²) in [6.45, 7) is 6.40. The summed E-state index contributed by atoms with van der Waals surface area (Å²) >= 11 is 0. The molecule has 0 aromatic carbocycles. The Hall–Kier alpha value is -0.0400. The molecule has 2 unspecified atom stereocenters. The molecule has 9 heavy (non-hydrogen) atoms. The first-order valence-corrected chi connectivity index (χ1v) is 3.70. The highest BCUT2D eigenvalue weighted by Gasteiger charge is 2.45. The third-order valence-electron chi connectivity index (χ3n) is 2.34. The van der Waals surface area contributed by atoms with Crippen molar-refractivity contribution in [2.45, 2.75) is 39.7 Å². The fourth-order valence-corrected chi connectivity index (χ4v) is 1.39. The van der Waals surface area contributed by atoms with Gasteiger partial charge in [-0.25, -0.2) is 0 Å². The fraction of sp³-hybridized carbons (Fsp3) is 1.00. The van der Waals surface area contributed by atoms with Gasteiger partial charge in [-0.15, -0.1) is 0 Å². The lowest BCUT2D eigenvalue weighted by atomic mass is 10.1. The van der Waals surface area contributed by atoms with E-state index < -0.39 is 0 Å². The van der Waals surface area contributed by atoms with Gasteiger partial charge in [0, 0.05) is 0 Å². The molecule has 0 aromatic rings. The average Bonchev–Trinajstić information content (AvgIpc) is 2.10. The van der Waals surface area contributed by atoms with Crippen molar-refractivity contribution in [3.8, 4) is 0 Å². The molecule has 1 rings (SSSR count). The second-order valence-electron chi connectivity index (χ2n) is 3.97. The van der Waals surface area contributed by atoms with Crippen LogP contribution in [0.2, 0.25) is 0 Å². The summed E-state index contributed by atoms with van der Waals surface area (Å²) in [7, 11) is 0. The van der Waals surface area contributed by atoms with Crippen LogP contribution in [0.1, 0.15) is 33.6 Å². The molecule has 0 heterocycles. The van der Waals surface area contributed by atoms with Crippen LogP contribution in [0.3, 0.4) is 0 Å². The molecule has 1 aliphatic carbocycles. The number of hydrogen-bond donors (Lipinski definition) is 1. The summed E-state index contributed by atoms with van der Waals surface area (Å²) in [5.74, 6) is 0.789. The number of rotatable bonds is 2. The highest BCUT2D eigenvalue weighted by Crippen LogP contribution is 2.53. The van der Waals surface area contributed by atoms with E-state index in [0.29, 0.717) is 5.41 Å². The summed E-state index contributed by atoms with van der Waals surface area (Å²) < 4.78 is 0. The fourth-order valence-electron chi connectivity index (χ4n) is 1.39. The highest BCUT2D eigenvalue weighted by atomic mass is 16.3. The molecule has 0 bridgehead atoms. The van der Waals surface area contributed by atoms with Crippen LogP contribution < -0.4 is 0 Å². The normalized spacial score (nSPS) is 34.0. The molecule has 0 aliphatic heterocycles. The molecule has 1 nitrogen and oxygen atoms in total. The van der Waals surface area contributed by atoms with Crippen molar-refractivity contribution in [2.75, 3.05) is 0 Å². The van der Waals surface area contributed by atoms with Crippen molar-refractivity contribution >= 4 is 0 Å².